The van der Waals surface area contributed by atoms with Crippen LogP contribution in [0.2, 0.25) is 0 Å². The third-order valence-electron chi connectivity index (χ3n) is 4.08. The van der Waals surface area contributed by atoms with Crippen LogP contribution in [0.4, 0.5) is 0 Å². The number of hydrogen-bond donors (Lipinski definition) is 1. The number of nitrogens with one attached hydrogen (secondary N) is 1. The zero-order valence-electron chi connectivity index (χ0n) is 12.1. The molecule has 0 heterocycles. The lowest BCUT2D eigenvalue weighted by Gasteiger charge is -2.35. The van der Waals surface area contributed by atoms with Crippen LogP contribution in [-0.2, 0) is 10.0 Å². The third kappa shape index (κ3) is 4.00. The Hall–Kier alpha value is -1.03. The van der Waals surface area contributed by atoms with Gasteiger partial charge in [-0.05, 0) is 43.4 Å². The van der Waals surface area contributed by atoms with E-state index in [9.17, 15) is 8.42 Å². The fraction of sp³-hybridized carbons (Fsp3) is 0.533. The third-order valence-corrected chi connectivity index (χ3v) is 6.91. The molecule has 0 spiro atoms. The predicted molar refractivity (Wildman–Crippen MR) is 85.7 cm³/mol. The van der Waals surface area contributed by atoms with Crippen molar-refractivity contribution in [2.75, 3.05) is 12.8 Å². The molecule has 1 fully saturated rings. The second-order valence-corrected chi connectivity index (χ2v) is 8.45. The van der Waals surface area contributed by atoms with Gasteiger partial charge in [0, 0.05) is 11.3 Å². The van der Waals surface area contributed by atoms with E-state index in [1.807, 2.05) is 6.07 Å². The first-order chi connectivity index (χ1) is 10.0. The van der Waals surface area contributed by atoms with E-state index < -0.39 is 10.0 Å². The molecule has 1 aromatic rings. The van der Waals surface area contributed by atoms with Crippen LogP contribution in [0.25, 0.3) is 0 Å². The maximum atomic E-state index is 12.3. The first-order valence-electron chi connectivity index (χ1n) is 7.06. The molecule has 0 atom stereocenters. The number of benzene rings is 1. The van der Waals surface area contributed by atoms with Gasteiger partial charge in [0.25, 0.3) is 0 Å². The summed E-state index contributed by atoms with van der Waals surface area (Å²) in [7, 11) is -3.51. The Bertz CT molecular complexity index is 612. The number of sulfonamides is 1. The van der Waals surface area contributed by atoms with Gasteiger partial charge in [-0.25, -0.2) is 13.1 Å². The van der Waals surface area contributed by atoms with Crippen LogP contribution in [0.15, 0.2) is 29.2 Å². The molecule has 1 aliphatic rings. The first kappa shape index (κ1) is 16.3. The summed E-state index contributed by atoms with van der Waals surface area (Å²) in [5.41, 5.74) is 0.460. The largest absolute Gasteiger partial charge is 0.240 e. The molecule has 0 bridgehead atoms. The average Bonchev–Trinajstić information content (AvgIpc) is 2.54. The zero-order chi connectivity index (χ0) is 15.3. The van der Waals surface area contributed by atoms with Crippen molar-refractivity contribution in [1.29, 1.82) is 5.26 Å². The van der Waals surface area contributed by atoms with Crippen molar-refractivity contribution in [3.05, 3.63) is 29.8 Å². The highest BCUT2D eigenvalue weighted by atomic mass is 32.2. The van der Waals surface area contributed by atoms with E-state index in [0.717, 1.165) is 12.8 Å². The van der Waals surface area contributed by atoms with Crippen molar-refractivity contribution in [3.8, 4) is 6.07 Å². The van der Waals surface area contributed by atoms with E-state index >= 15 is 0 Å². The number of nitriles is 1. The van der Waals surface area contributed by atoms with Gasteiger partial charge in [-0.15, -0.1) is 0 Å². The summed E-state index contributed by atoms with van der Waals surface area (Å²) in [6.07, 6.45) is 7.75. The Balaban J connectivity index is 2.08. The minimum Gasteiger partial charge on any atom is -0.210 e. The molecule has 1 aromatic carbocycles. The van der Waals surface area contributed by atoms with Crippen LogP contribution in [0.3, 0.4) is 0 Å². The molecule has 4 nitrogen and oxygen atoms in total. The van der Waals surface area contributed by atoms with E-state index in [0.29, 0.717) is 12.1 Å². The van der Waals surface area contributed by atoms with Crippen molar-refractivity contribution in [2.45, 2.75) is 41.7 Å². The van der Waals surface area contributed by atoms with Crippen molar-refractivity contribution in [3.63, 3.8) is 0 Å². The van der Waals surface area contributed by atoms with Crippen LogP contribution in [0, 0.1) is 11.3 Å². The summed E-state index contributed by atoms with van der Waals surface area (Å²) < 4.78 is 27.4. The van der Waals surface area contributed by atoms with Gasteiger partial charge >= 0.3 is 0 Å². The molecule has 6 heteroatoms. The lowest BCUT2D eigenvalue weighted by atomic mass is 9.88. The summed E-state index contributed by atoms with van der Waals surface area (Å²) in [6, 6.07) is 8.00. The van der Waals surface area contributed by atoms with Gasteiger partial charge in [0.15, 0.2) is 0 Å². The molecule has 1 saturated carbocycles. The maximum Gasteiger partial charge on any atom is 0.240 e. The molecule has 1 N–H and O–H groups in total. The lowest BCUT2D eigenvalue weighted by Crippen LogP contribution is -2.41. The Morgan fingerprint density at radius 2 is 1.86 bits per heavy atom. The second kappa shape index (κ2) is 6.82. The number of nitrogens with zero attached hydrogens (tertiary/aromatic N) is 1. The Morgan fingerprint density at radius 3 is 2.38 bits per heavy atom. The molecule has 2 rings (SSSR count). The molecule has 1 aliphatic carbocycles. The Morgan fingerprint density at radius 1 is 1.24 bits per heavy atom. The van der Waals surface area contributed by atoms with E-state index in [1.54, 1.807) is 11.8 Å². The molecule has 21 heavy (non-hydrogen) atoms. The van der Waals surface area contributed by atoms with Gasteiger partial charge in [-0.2, -0.15) is 17.0 Å². The van der Waals surface area contributed by atoms with Gasteiger partial charge in [0.05, 0.1) is 16.5 Å². The van der Waals surface area contributed by atoms with Crippen LogP contribution < -0.4 is 4.72 Å². The van der Waals surface area contributed by atoms with Crippen LogP contribution in [0.1, 0.15) is 37.7 Å². The molecular formula is C15H20N2O2S2. The maximum absolute atomic E-state index is 12.3. The SMILES string of the molecule is CSC1(CNS(=O)(=O)c2ccc(C#N)cc2)CCCCC1. The normalized spacial score (nSPS) is 18.1. The van der Waals surface area contributed by atoms with Gasteiger partial charge < -0.3 is 0 Å². The Kier molecular flexibility index (Phi) is 5.31. The molecule has 0 saturated heterocycles. The minimum absolute atomic E-state index is 0.0257. The fourth-order valence-corrected chi connectivity index (χ4v) is 4.80. The fourth-order valence-electron chi connectivity index (χ4n) is 2.67. The monoisotopic (exact) mass is 324 g/mol. The van der Waals surface area contributed by atoms with Crippen LogP contribution >= 0.6 is 11.8 Å². The predicted octanol–water partition coefficient (Wildman–Crippen LogP) is 2.90. The van der Waals surface area contributed by atoms with Crippen molar-refractivity contribution < 1.29 is 8.42 Å². The summed E-state index contributed by atoms with van der Waals surface area (Å²) in [6.45, 7) is 0.469. The lowest BCUT2D eigenvalue weighted by molar-refractivity contribution is 0.395. The highest BCUT2D eigenvalue weighted by Crippen LogP contribution is 2.38. The van der Waals surface area contributed by atoms with Crippen molar-refractivity contribution in [2.24, 2.45) is 0 Å². The highest BCUT2D eigenvalue weighted by Gasteiger charge is 2.32. The number of hydrogen-bond acceptors (Lipinski definition) is 4. The standard InChI is InChI=1S/C15H20N2O2S2/c1-20-15(9-3-2-4-10-15)12-17-21(18,19)14-7-5-13(11-16)6-8-14/h5-8,17H,2-4,9-10,12H2,1H3. The summed E-state index contributed by atoms with van der Waals surface area (Å²) in [5, 5.41) is 8.75. The van der Waals surface area contributed by atoms with E-state index in [1.165, 1.54) is 43.5 Å². The van der Waals surface area contributed by atoms with Crippen molar-refractivity contribution >= 4 is 21.8 Å². The molecule has 0 unspecified atom stereocenters. The van der Waals surface area contributed by atoms with Gasteiger partial charge in [0.1, 0.15) is 0 Å². The zero-order valence-corrected chi connectivity index (χ0v) is 13.8. The van der Waals surface area contributed by atoms with Gasteiger partial charge in [-0.3, -0.25) is 0 Å². The summed E-state index contributed by atoms with van der Waals surface area (Å²) >= 11 is 1.77. The van der Waals surface area contributed by atoms with Gasteiger partial charge in [-0.1, -0.05) is 19.3 Å². The summed E-state index contributed by atoms with van der Waals surface area (Å²) in [5.74, 6) is 0. The molecule has 0 radical (unpaired) electrons. The minimum atomic E-state index is -3.51. The Labute approximate surface area is 131 Å². The number of thioether (sulfide) groups is 1. The van der Waals surface area contributed by atoms with Gasteiger partial charge in [0.2, 0.25) is 10.0 Å². The first-order valence-corrected chi connectivity index (χ1v) is 9.77. The second-order valence-electron chi connectivity index (χ2n) is 5.41. The van der Waals surface area contributed by atoms with Crippen LogP contribution in [0.5, 0.6) is 0 Å². The molecule has 0 aromatic heterocycles. The van der Waals surface area contributed by atoms with E-state index in [4.69, 9.17) is 5.26 Å². The molecular weight excluding hydrogens is 304 g/mol. The smallest absolute Gasteiger partial charge is 0.210 e. The number of rotatable bonds is 5. The molecule has 0 aliphatic heterocycles. The van der Waals surface area contributed by atoms with E-state index in [-0.39, 0.29) is 9.64 Å². The topological polar surface area (TPSA) is 70.0 Å². The molecule has 114 valence electrons. The van der Waals surface area contributed by atoms with Crippen molar-refractivity contribution in [1.82, 2.24) is 4.72 Å². The highest BCUT2D eigenvalue weighted by molar-refractivity contribution is 8.00. The summed E-state index contributed by atoms with van der Waals surface area (Å²) in [4.78, 5) is 0.216. The van der Waals surface area contributed by atoms with Crippen LogP contribution in [-0.4, -0.2) is 26.0 Å². The molecule has 0 amide bonds. The average molecular weight is 324 g/mol. The van der Waals surface area contributed by atoms with E-state index in [2.05, 4.69) is 11.0 Å². The quantitative estimate of drug-likeness (QED) is 0.904.